The minimum Gasteiger partial charge on any atom is -0.456 e. The van der Waals surface area contributed by atoms with Crippen molar-refractivity contribution in [1.82, 2.24) is 4.90 Å². The van der Waals surface area contributed by atoms with Gasteiger partial charge in [-0.05, 0) is 25.0 Å². The summed E-state index contributed by atoms with van der Waals surface area (Å²) in [5.74, 6) is 1.48. The SMILES string of the molecule is CCc1oc(C(=O)N2CCC(CO)C2)cc1C. The Morgan fingerprint density at radius 3 is 2.94 bits per heavy atom. The molecule has 1 aliphatic rings. The lowest BCUT2D eigenvalue weighted by atomic mass is 10.1. The molecule has 4 nitrogen and oxygen atoms in total. The maximum atomic E-state index is 12.1. The highest BCUT2D eigenvalue weighted by Crippen LogP contribution is 2.21. The van der Waals surface area contributed by atoms with E-state index in [4.69, 9.17) is 9.52 Å². The minimum atomic E-state index is -0.0521. The Bertz CT molecular complexity index is 411. The number of amides is 1. The summed E-state index contributed by atoms with van der Waals surface area (Å²) in [4.78, 5) is 13.9. The van der Waals surface area contributed by atoms with E-state index >= 15 is 0 Å². The summed E-state index contributed by atoms with van der Waals surface area (Å²) in [5, 5.41) is 9.06. The molecular weight excluding hydrogens is 218 g/mol. The minimum absolute atomic E-state index is 0.0521. The van der Waals surface area contributed by atoms with E-state index in [9.17, 15) is 4.79 Å². The molecule has 1 amide bonds. The first-order valence-corrected chi connectivity index (χ1v) is 6.15. The zero-order valence-corrected chi connectivity index (χ0v) is 10.4. The first-order valence-electron chi connectivity index (χ1n) is 6.15. The van der Waals surface area contributed by atoms with E-state index in [2.05, 4.69) is 0 Å². The average Bonchev–Trinajstić information content (AvgIpc) is 2.94. The molecule has 0 radical (unpaired) electrons. The largest absolute Gasteiger partial charge is 0.456 e. The molecule has 2 heterocycles. The van der Waals surface area contributed by atoms with Crippen LogP contribution in [-0.2, 0) is 6.42 Å². The van der Waals surface area contributed by atoms with Crippen LogP contribution in [-0.4, -0.2) is 35.6 Å². The summed E-state index contributed by atoms with van der Waals surface area (Å²) in [6, 6.07) is 1.81. The van der Waals surface area contributed by atoms with Gasteiger partial charge in [0.25, 0.3) is 5.91 Å². The van der Waals surface area contributed by atoms with Gasteiger partial charge in [0.15, 0.2) is 5.76 Å². The number of nitrogens with zero attached hydrogens (tertiary/aromatic N) is 1. The molecule has 1 aliphatic heterocycles. The van der Waals surface area contributed by atoms with E-state index in [1.54, 1.807) is 4.90 Å². The lowest BCUT2D eigenvalue weighted by Crippen LogP contribution is -2.28. The van der Waals surface area contributed by atoms with Crippen LogP contribution in [0.1, 0.15) is 35.2 Å². The van der Waals surface area contributed by atoms with Crippen molar-refractivity contribution in [3.63, 3.8) is 0 Å². The molecule has 1 fully saturated rings. The molecule has 0 bridgehead atoms. The summed E-state index contributed by atoms with van der Waals surface area (Å²) >= 11 is 0. The van der Waals surface area contributed by atoms with Gasteiger partial charge in [0, 0.05) is 32.0 Å². The third kappa shape index (κ3) is 2.36. The van der Waals surface area contributed by atoms with E-state index in [1.807, 2.05) is 19.9 Å². The molecule has 1 aromatic rings. The molecule has 1 aromatic heterocycles. The molecule has 0 saturated carbocycles. The van der Waals surface area contributed by atoms with Crippen LogP contribution in [0.4, 0.5) is 0 Å². The quantitative estimate of drug-likeness (QED) is 0.868. The highest BCUT2D eigenvalue weighted by atomic mass is 16.4. The highest BCUT2D eigenvalue weighted by molar-refractivity contribution is 5.92. The van der Waals surface area contributed by atoms with Gasteiger partial charge < -0.3 is 14.4 Å². The Morgan fingerprint density at radius 2 is 2.41 bits per heavy atom. The van der Waals surface area contributed by atoms with E-state index in [1.165, 1.54) is 0 Å². The number of likely N-dealkylation sites (tertiary alicyclic amines) is 1. The van der Waals surface area contributed by atoms with Crippen LogP contribution >= 0.6 is 0 Å². The Hall–Kier alpha value is -1.29. The number of hydrogen-bond donors (Lipinski definition) is 1. The standard InChI is InChI=1S/C13H19NO3/c1-3-11-9(2)6-12(17-11)13(16)14-5-4-10(7-14)8-15/h6,10,15H,3-5,7-8H2,1-2H3. The van der Waals surface area contributed by atoms with E-state index in [0.717, 1.165) is 24.2 Å². The van der Waals surface area contributed by atoms with Gasteiger partial charge in [-0.15, -0.1) is 0 Å². The monoisotopic (exact) mass is 237 g/mol. The van der Waals surface area contributed by atoms with Crippen molar-refractivity contribution in [2.24, 2.45) is 5.92 Å². The number of carbonyl (C=O) groups excluding carboxylic acids is 1. The third-order valence-corrected chi connectivity index (χ3v) is 3.38. The van der Waals surface area contributed by atoms with Crippen LogP contribution < -0.4 is 0 Å². The summed E-state index contributed by atoms with van der Waals surface area (Å²) < 4.78 is 5.55. The van der Waals surface area contributed by atoms with Gasteiger partial charge in [-0.3, -0.25) is 4.79 Å². The predicted octanol–water partition coefficient (Wildman–Crippen LogP) is 1.60. The fourth-order valence-corrected chi connectivity index (χ4v) is 2.30. The maximum Gasteiger partial charge on any atom is 0.289 e. The Morgan fingerprint density at radius 1 is 1.65 bits per heavy atom. The van der Waals surface area contributed by atoms with Crippen LogP contribution in [0.15, 0.2) is 10.5 Å². The fraction of sp³-hybridized carbons (Fsp3) is 0.615. The lowest BCUT2D eigenvalue weighted by Gasteiger charge is -2.14. The summed E-state index contributed by atoms with van der Waals surface area (Å²) in [6.07, 6.45) is 1.68. The van der Waals surface area contributed by atoms with Crippen LogP contribution in [0.25, 0.3) is 0 Å². The van der Waals surface area contributed by atoms with Crippen molar-refractivity contribution in [3.8, 4) is 0 Å². The van der Waals surface area contributed by atoms with Gasteiger partial charge in [0.1, 0.15) is 5.76 Å². The van der Waals surface area contributed by atoms with Gasteiger partial charge in [-0.25, -0.2) is 0 Å². The first kappa shape index (κ1) is 12.2. The number of rotatable bonds is 3. The van der Waals surface area contributed by atoms with E-state index in [-0.39, 0.29) is 18.4 Å². The molecule has 1 atom stereocenters. The maximum absolute atomic E-state index is 12.1. The van der Waals surface area contributed by atoms with Crippen LogP contribution in [0, 0.1) is 12.8 Å². The number of hydrogen-bond acceptors (Lipinski definition) is 3. The number of aliphatic hydroxyl groups is 1. The van der Waals surface area contributed by atoms with Gasteiger partial charge in [0.2, 0.25) is 0 Å². The molecule has 0 spiro atoms. The predicted molar refractivity (Wildman–Crippen MR) is 63.9 cm³/mol. The number of aryl methyl sites for hydroxylation is 2. The lowest BCUT2D eigenvalue weighted by molar-refractivity contribution is 0.0748. The van der Waals surface area contributed by atoms with Gasteiger partial charge >= 0.3 is 0 Å². The zero-order chi connectivity index (χ0) is 12.4. The number of aliphatic hydroxyl groups excluding tert-OH is 1. The Labute approximate surface area is 101 Å². The second kappa shape index (κ2) is 4.92. The van der Waals surface area contributed by atoms with Gasteiger partial charge in [-0.2, -0.15) is 0 Å². The highest BCUT2D eigenvalue weighted by Gasteiger charge is 2.28. The molecule has 1 N–H and O–H groups in total. The smallest absolute Gasteiger partial charge is 0.289 e. The number of carbonyl (C=O) groups is 1. The molecule has 4 heteroatoms. The second-order valence-electron chi connectivity index (χ2n) is 4.66. The molecule has 17 heavy (non-hydrogen) atoms. The third-order valence-electron chi connectivity index (χ3n) is 3.38. The fourth-order valence-electron chi connectivity index (χ4n) is 2.30. The van der Waals surface area contributed by atoms with Crippen molar-refractivity contribution in [3.05, 3.63) is 23.2 Å². The summed E-state index contributed by atoms with van der Waals surface area (Å²) in [7, 11) is 0. The van der Waals surface area contributed by atoms with E-state index < -0.39 is 0 Å². The molecule has 1 unspecified atom stereocenters. The van der Waals surface area contributed by atoms with Crippen LogP contribution in [0.3, 0.4) is 0 Å². The molecule has 94 valence electrons. The molecule has 1 saturated heterocycles. The van der Waals surface area contributed by atoms with Crippen LogP contribution in [0.5, 0.6) is 0 Å². The zero-order valence-electron chi connectivity index (χ0n) is 10.4. The molecule has 0 aliphatic carbocycles. The average molecular weight is 237 g/mol. The Balaban J connectivity index is 2.09. The normalized spacial score (nSPS) is 19.9. The summed E-state index contributed by atoms with van der Waals surface area (Å²) in [5.41, 5.74) is 1.04. The second-order valence-corrected chi connectivity index (χ2v) is 4.66. The van der Waals surface area contributed by atoms with Gasteiger partial charge in [0.05, 0.1) is 0 Å². The topological polar surface area (TPSA) is 53.7 Å². The first-order chi connectivity index (χ1) is 8.15. The van der Waals surface area contributed by atoms with Crippen molar-refractivity contribution >= 4 is 5.91 Å². The number of furan rings is 1. The van der Waals surface area contributed by atoms with E-state index in [0.29, 0.717) is 18.8 Å². The Kier molecular flexibility index (Phi) is 3.52. The van der Waals surface area contributed by atoms with Gasteiger partial charge in [-0.1, -0.05) is 6.92 Å². The van der Waals surface area contributed by atoms with Crippen LogP contribution in [0.2, 0.25) is 0 Å². The summed E-state index contributed by atoms with van der Waals surface area (Å²) in [6.45, 7) is 5.47. The van der Waals surface area contributed by atoms with Crippen molar-refractivity contribution < 1.29 is 14.3 Å². The van der Waals surface area contributed by atoms with Crippen molar-refractivity contribution in [1.29, 1.82) is 0 Å². The molecular formula is C13H19NO3. The van der Waals surface area contributed by atoms with Crippen molar-refractivity contribution in [2.75, 3.05) is 19.7 Å². The van der Waals surface area contributed by atoms with Crippen molar-refractivity contribution in [2.45, 2.75) is 26.7 Å². The molecule has 2 rings (SSSR count). The molecule has 0 aromatic carbocycles.